The van der Waals surface area contributed by atoms with Gasteiger partial charge in [0.25, 0.3) is 5.56 Å². The van der Waals surface area contributed by atoms with Crippen LogP contribution in [0.2, 0.25) is 0 Å². The average molecular weight is 388 g/mol. The molecule has 0 atom stereocenters. The molecular weight excluding hydrogens is 364 g/mol. The molecule has 0 aliphatic carbocycles. The van der Waals surface area contributed by atoms with Crippen molar-refractivity contribution in [2.24, 2.45) is 0 Å². The quantitative estimate of drug-likeness (QED) is 0.491. The fourth-order valence-electron chi connectivity index (χ4n) is 4.12. The third-order valence-electron chi connectivity index (χ3n) is 5.75. The number of pyridine rings is 1. The van der Waals surface area contributed by atoms with E-state index in [0.29, 0.717) is 17.1 Å². The van der Waals surface area contributed by atoms with E-state index in [1.165, 1.54) is 5.69 Å². The first-order chi connectivity index (χ1) is 14.1. The molecule has 1 saturated heterocycles. The Morgan fingerprint density at radius 2 is 1.86 bits per heavy atom. The van der Waals surface area contributed by atoms with E-state index in [4.69, 9.17) is 5.73 Å². The fourth-order valence-corrected chi connectivity index (χ4v) is 4.12. The second-order valence-electron chi connectivity index (χ2n) is 7.72. The number of benzene rings is 2. The molecule has 5 rings (SSSR count). The van der Waals surface area contributed by atoms with Crippen LogP contribution >= 0.6 is 0 Å². The molecule has 3 heterocycles. The van der Waals surface area contributed by atoms with Crippen molar-refractivity contribution in [2.45, 2.75) is 6.42 Å². The van der Waals surface area contributed by atoms with Gasteiger partial charge < -0.3 is 25.5 Å². The minimum absolute atomic E-state index is 0.240. The molecule has 0 spiro atoms. The van der Waals surface area contributed by atoms with Crippen molar-refractivity contribution in [1.82, 2.24) is 19.9 Å². The second-order valence-corrected chi connectivity index (χ2v) is 7.72. The summed E-state index contributed by atoms with van der Waals surface area (Å²) in [6, 6.07) is 13.8. The minimum atomic E-state index is -0.240. The number of hydrogen-bond donors (Lipinski definition) is 3. The number of aromatic nitrogens is 3. The van der Waals surface area contributed by atoms with Gasteiger partial charge in [-0.05, 0) is 44.3 Å². The van der Waals surface area contributed by atoms with Gasteiger partial charge in [0, 0.05) is 30.7 Å². The molecule has 0 radical (unpaired) electrons. The average Bonchev–Trinajstić information content (AvgIpc) is 3.00. The number of fused-ring (bicyclic) bond motifs is 2. The molecule has 1 aliphatic rings. The number of aromatic amines is 2. The molecule has 7 heteroatoms. The molecular formula is C22H24N6O. The number of imidazole rings is 1. The third-order valence-corrected chi connectivity index (χ3v) is 5.75. The van der Waals surface area contributed by atoms with E-state index in [2.05, 4.69) is 43.9 Å². The third kappa shape index (κ3) is 3.13. The summed E-state index contributed by atoms with van der Waals surface area (Å²) >= 11 is 0. The first-order valence-corrected chi connectivity index (χ1v) is 9.94. The number of nitrogen functional groups attached to an aromatic ring is 1. The summed E-state index contributed by atoms with van der Waals surface area (Å²) in [6.45, 7) is 4.21. The Morgan fingerprint density at radius 1 is 1.00 bits per heavy atom. The van der Waals surface area contributed by atoms with E-state index < -0.39 is 0 Å². The van der Waals surface area contributed by atoms with Crippen LogP contribution in [-0.2, 0) is 0 Å². The van der Waals surface area contributed by atoms with Crippen molar-refractivity contribution in [3.8, 4) is 11.4 Å². The monoisotopic (exact) mass is 388 g/mol. The molecule has 2 aromatic heterocycles. The van der Waals surface area contributed by atoms with Crippen LogP contribution in [0.5, 0.6) is 0 Å². The maximum absolute atomic E-state index is 12.7. The van der Waals surface area contributed by atoms with Crippen molar-refractivity contribution in [1.29, 1.82) is 0 Å². The van der Waals surface area contributed by atoms with Gasteiger partial charge >= 0.3 is 0 Å². The van der Waals surface area contributed by atoms with Gasteiger partial charge in [-0.3, -0.25) is 4.79 Å². The van der Waals surface area contributed by atoms with Gasteiger partial charge in [0.15, 0.2) is 0 Å². The van der Waals surface area contributed by atoms with Crippen LogP contribution in [0.4, 0.5) is 11.4 Å². The molecule has 4 N–H and O–H groups in total. The van der Waals surface area contributed by atoms with Gasteiger partial charge in [-0.1, -0.05) is 18.2 Å². The number of likely N-dealkylation sites (N-methyl/N-ethyl adjacent to an activating group) is 1. The molecule has 7 nitrogen and oxygen atoms in total. The van der Waals surface area contributed by atoms with Crippen molar-refractivity contribution in [3.05, 3.63) is 52.8 Å². The maximum Gasteiger partial charge on any atom is 0.261 e. The highest BCUT2D eigenvalue weighted by atomic mass is 16.1. The largest absolute Gasteiger partial charge is 0.397 e. The first-order valence-electron chi connectivity index (χ1n) is 9.94. The molecule has 148 valence electrons. The lowest BCUT2D eigenvalue weighted by Gasteiger charge is -2.22. The Labute approximate surface area is 168 Å². The summed E-state index contributed by atoms with van der Waals surface area (Å²) in [5.74, 6) is 0.497. The number of para-hydroxylation sites is 1. The van der Waals surface area contributed by atoms with E-state index in [9.17, 15) is 4.79 Å². The minimum Gasteiger partial charge on any atom is -0.397 e. The predicted molar refractivity (Wildman–Crippen MR) is 118 cm³/mol. The molecule has 2 aromatic carbocycles. The lowest BCUT2D eigenvalue weighted by molar-refractivity contribution is 0.360. The van der Waals surface area contributed by atoms with Crippen LogP contribution in [0.15, 0.2) is 47.3 Å². The second kappa shape index (κ2) is 6.93. The molecule has 0 unspecified atom stereocenters. The van der Waals surface area contributed by atoms with Crippen LogP contribution < -0.4 is 16.2 Å². The van der Waals surface area contributed by atoms with Gasteiger partial charge in [0.05, 0.1) is 22.2 Å². The van der Waals surface area contributed by atoms with Crippen molar-refractivity contribution in [3.63, 3.8) is 0 Å². The molecule has 0 saturated carbocycles. The number of nitrogens with zero attached hydrogens (tertiary/aromatic N) is 3. The van der Waals surface area contributed by atoms with Crippen LogP contribution in [-0.4, -0.2) is 53.1 Å². The summed E-state index contributed by atoms with van der Waals surface area (Å²) in [6.07, 6.45) is 1.14. The zero-order valence-electron chi connectivity index (χ0n) is 16.4. The molecule has 29 heavy (non-hydrogen) atoms. The van der Waals surface area contributed by atoms with E-state index in [1.54, 1.807) is 0 Å². The van der Waals surface area contributed by atoms with Gasteiger partial charge in [-0.25, -0.2) is 4.98 Å². The van der Waals surface area contributed by atoms with E-state index in [-0.39, 0.29) is 5.56 Å². The van der Waals surface area contributed by atoms with Gasteiger partial charge in [0.1, 0.15) is 11.4 Å². The highest BCUT2D eigenvalue weighted by molar-refractivity contribution is 5.97. The molecule has 1 fully saturated rings. The Morgan fingerprint density at radius 3 is 2.76 bits per heavy atom. The summed E-state index contributed by atoms with van der Waals surface area (Å²) in [5.41, 5.74) is 10.6. The standard InChI is InChI=1S/C22H24N6O/c1-27-9-4-10-28(12-11-27)14-7-8-17-18(13-14)25-21(24-17)19-20(23)15-5-2-3-6-16(15)26-22(19)29/h2-3,5-8,13H,4,9-12H2,1H3,(H,24,25)(H3,23,26,29). The van der Waals surface area contributed by atoms with Crippen LogP contribution in [0.1, 0.15) is 6.42 Å². The fraction of sp³-hybridized carbons (Fsp3) is 0.273. The Balaban J connectivity index is 1.57. The number of anilines is 2. The highest BCUT2D eigenvalue weighted by Gasteiger charge is 2.17. The van der Waals surface area contributed by atoms with Gasteiger partial charge in [-0.2, -0.15) is 0 Å². The van der Waals surface area contributed by atoms with Gasteiger partial charge in [0.2, 0.25) is 0 Å². The molecule has 1 aliphatic heterocycles. The zero-order valence-corrected chi connectivity index (χ0v) is 16.4. The maximum atomic E-state index is 12.7. The van der Waals surface area contributed by atoms with Crippen molar-refractivity contribution >= 4 is 33.3 Å². The molecule has 0 bridgehead atoms. The van der Waals surface area contributed by atoms with Crippen LogP contribution in [0.3, 0.4) is 0 Å². The number of nitrogens with two attached hydrogens (primary N) is 1. The van der Waals surface area contributed by atoms with Crippen molar-refractivity contribution < 1.29 is 0 Å². The Kier molecular flexibility index (Phi) is 4.24. The predicted octanol–water partition coefficient (Wildman–Crippen LogP) is 2.80. The van der Waals surface area contributed by atoms with Crippen molar-refractivity contribution in [2.75, 3.05) is 43.9 Å². The SMILES string of the molecule is CN1CCCN(c2ccc3nc(-c4c(N)c5ccccc5[nH]c4=O)[nH]c3c2)CC1. The Bertz CT molecular complexity index is 1260. The Hall–Kier alpha value is -3.32. The van der Waals surface area contributed by atoms with E-state index >= 15 is 0 Å². The molecule has 0 amide bonds. The van der Waals surface area contributed by atoms with E-state index in [1.807, 2.05) is 30.3 Å². The topological polar surface area (TPSA) is 94.0 Å². The first kappa shape index (κ1) is 17.8. The summed E-state index contributed by atoms with van der Waals surface area (Å²) in [5, 5.41) is 0.817. The number of rotatable bonds is 2. The summed E-state index contributed by atoms with van der Waals surface area (Å²) in [4.78, 5) is 28.3. The number of H-pyrrole nitrogens is 2. The van der Waals surface area contributed by atoms with Crippen LogP contribution in [0.25, 0.3) is 33.3 Å². The summed E-state index contributed by atoms with van der Waals surface area (Å²) < 4.78 is 0. The number of hydrogen-bond acceptors (Lipinski definition) is 5. The number of nitrogens with one attached hydrogen (secondary N) is 2. The van der Waals surface area contributed by atoms with E-state index in [0.717, 1.165) is 54.5 Å². The lowest BCUT2D eigenvalue weighted by Crippen LogP contribution is -2.28. The lowest BCUT2D eigenvalue weighted by atomic mass is 10.1. The highest BCUT2D eigenvalue weighted by Crippen LogP contribution is 2.29. The van der Waals surface area contributed by atoms with Crippen LogP contribution in [0, 0.1) is 0 Å². The summed E-state index contributed by atoms with van der Waals surface area (Å²) in [7, 11) is 2.17. The normalized spacial score (nSPS) is 15.8. The smallest absolute Gasteiger partial charge is 0.261 e. The zero-order chi connectivity index (χ0) is 20.0. The van der Waals surface area contributed by atoms with Gasteiger partial charge in [-0.15, -0.1) is 0 Å². The molecule has 4 aromatic rings.